The molecule has 2 saturated heterocycles. The molecule has 5 heteroatoms. The van der Waals surface area contributed by atoms with Crippen molar-refractivity contribution in [3.8, 4) is 5.75 Å². The second kappa shape index (κ2) is 6.33. The molecule has 2 atom stereocenters. The number of hydrogen-bond donors (Lipinski definition) is 1. The first kappa shape index (κ1) is 15.8. The smallest absolute Gasteiger partial charge is 0.138 e. The van der Waals surface area contributed by atoms with Gasteiger partial charge in [0.25, 0.3) is 0 Å². The number of quaternary nitrogens is 1. The second-order valence-corrected chi connectivity index (χ2v) is 7.22. The Bertz CT molecular complexity index is 720. The van der Waals surface area contributed by atoms with Gasteiger partial charge >= 0.3 is 0 Å². The number of ether oxygens (including phenoxy) is 1. The maximum Gasteiger partial charge on any atom is 0.138 e. The summed E-state index contributed by atoms with van der Waals surface area (Å²) < 4.78 is 6.38. The fourth-order valence-corrected chi connectivity index (χ4v) is 4.20. The molecule has 0 spiro atoms. The summed E-state index contributed by atoms with van der Waals surface area (Å²) in [7, 11) is 1.73. The average Bonchev–Trinajstić information content (AvgIpc) is 2.98. The van der Waals surface area contributed by atoms with Crippen LogP contribution in [0.3, 0.4) is 0 Å². The predicted molar refractivity (Wildman–Crippen MR) is 96.4 cm³/mol. The number of methoxy groups -OCH3 is 1. The summed E-state index contributed by atoms with van der Waals surface area (Å²) in [6.07, 6.45) is 1.05. The number of fused-ring (bicyclic) bond motifs is 3. The van der Waals surface area contributed by atoms with Gasteiger partial charge in [-0.1, -0.05) is 24.3 Å². The normalized spacial score (nSPS) is 29.1. The van der Waals surface area contributed by atoms with Gasteiger partial charge in [-0.2, -0.15) is 0 Å². The molecule has 0 radical (unpaired) electrons. The van der Waals surface area contributed by atoms with E-state index in [-0.39, 0.29) is 0 Å². The monoisotopic (exact) mass is 327 g/mol. The van der Waals surface area contributed by atoms with E-state index in [1.165, 1.54) is 29.4 Å². The largest absolute Gasteiger partial charge is 0.497 e. The summed E-state index contributed by atoms with van der Waals surface area (Å²) >= 11 is 0. The Morgan fingerprint density at radius 1 is 1.12 bits per heavy atom. The standard InChI is InChI=1S/C19H27N4O/c1-24-18-6-5-16-3-2-4-17(19(16)11-18)7-10-23(12-20)14-21-8-9-22(13-21)15-23/h2-6,11H,7-10,12-15,20H2,1H3/q+1. The highest BCUT2D eigenvalue weighted by molar-refractivity contribution is 5.87. The molecule has 2 aromatic rings. The predicted octanol–water partition coefficient (Wildman–Crippen LogP) is 1.63. The first-order chi connectivity index (χ1) is 11.7. The van der Waals surface area contributed by atoms with Crippen molar-refractivity contribution in [2.45, 2.75) is 6.42 Å². The van der Waals surface area contributed by atoms with Crippen molar-refractivity contribution >= 4 is 10.8 Å². The molecule has 2 aliphatic heterocycles. The zero-order chi connectivity index (χ0) is 16.6. The molecule has 0 aromatic heterocycles. The molecule has 2 fully saturated rings. The molecular weight excluding hydrogens is 300 g/mol. The van der Waals surface area contributed by atoms with Crippen molar-refractivity contribution < 1.29 is 9.22 Å². The molecule has 2 aromatic carbocycles. The lowest BCUT2D eigenvalue weighted by Gasteiger charge is -2.44. The minimum absolute atomic E-state index is 0.709. The molecule has 128 valence electrons. The Morgan fingerprint density at radius 2 is 1.92 bits per heavy atom. The zero-order valence-electron chi connectivity index (χ0n) is 14.4. The van der Waals surface area contributed by atoms with E-state index in [0.717, 1.165) is 43.2 Å². The van der Waals surface area contributed by atoms with Crippen LogP contribution in [-0.4, -0.2) is 67.7 Å². The second-order valence-electron chi connectivity index (χ2n) is 7.22. The topological polar surface area (TPSA) is 41.7 Å². The van der Waals surface area contributed by atoms with Crippen LogP contribution in [0, 0.1) is 0 Å². The Hall–Kier alpha value is -1.66. The third-order valence-corrected chi connectivity index (χ3v) is 5.55. The van der Waals surface area contributed by atoms with Crippen LogP contribution < -0.4 is 10.5 Å². The molecule has 0 amide bonds. The molecule has 0 aliphatic carbocycles. The van der Waals surface area contributed by atoms with Gasteiger partial charge in [-0.3, -0.25) is 10.2 Å². The van der Waals surface area contributed by atoms with Crippen LogP contribution in [0.1, 0.15) is 5.56 Å². The van der Waals surface area contributed by atoms with E-state index in [0.29, 0.717) is 6.67 Å². The first-order valence-corrected chi connectivity index (χ1v) is 8.77. The minimum atomic E-state index is 0.709. The van der Waals surface area contributed by atoms with Crippen molar-refractivity contribution in [3.05, 3.63) is 42.0 Å². The van der Waals surface area contributed by atoms with E-state index in [9.17, 15) is 0 Å². The van der Waals surface area contributed by atoms with E-state index in [2.05, 4.69) is 40.1 Å². The summed E-state index contributed by atoms with van der Waals surface area (Å²) in [6, 6.07) is 12.9. The molecule has 2 N–H and O–H groups in total. The van der Waals surface area contributed by atoms with Crippen molar-refractivity contribution in [2.24, 2.45) is 5.73 Å². The van der Waals surface area contributed by atoms with Crippen LogP contribution >= 0.6 is 0 Å². The zero-order valence-corrected chi connectivity index (χ0v) is 14.4. The van der Waals surface area contributed by atoms with Gasteiger partial charge in [-0.15, -0.1) is 0 Å². The van der Waals surface area contributed by atoms with Gasteiger partial charge in [0.2, 0.25) is 0 Å². The quantitative estimate of drug-likeness (QED) is 0.848. The summed E-state index contributed by atoms with van der Waals surface area (Å²) in [5, 5.41) is 2.58. The Labute approximate surface area is 143 Å². The highest BCUT2D eigenvalue weighted by Crippen LogP contribution is 2.26. The maximum absolute atomic E-state index is 6.21. The Morgan fingerprint density at radius 3 is 2.62 bits per heavy atom. The van der Waals surface area contributed by atoms with E-state index in [1.54, 1.807) is 7.11 Å². The first-order valence-electron chi connectivity index (χ1n) is 8.77. The maximum atomic E-state index is 6.21. The highest BCUT2D eigenvalue weighted by atomic mass is 16.5. The van der Waals surface area contributed by atoms with Crippen LogP contribution in [-0.2, 0) is 6.42 Å². The number of nitrogens with two attached hydrogens (primary N) is 1. The van der Waals surface area contributed by atoms with Crippen LogP contribution in [0.25, 0.3) is 10.8 Å². The van der Waals surface area contributed by atoms with Gasteiger partial charge in [-0.25, -0.2) is 9.80 Å². The lowest BCUT2D eigenvalue weighted by Crippen LogP contribution is -2.64. The van der Waals surface area contributed by atoms with Crippen molar-refractivity contribution in [1.29, 1.82) is 0 Å². The van der Waals surface area contributed by atoms with Gasteiger partial charge in [0.1, 0.15) is 25.8 Å². The number of hydrogen-bond acceptors (Lipinski definition) is 4. The van der Waals surface area contributed by atoms with Crippen LogP contribution in [0.4, 0.5) is 0 Å². The molecule has 4 rings (SSSR count). The van der Waals surface area contributed by atoms with Crippen molar-refractivity contribution in [3.63, 3.8) is 0 Å². The fourth-order valence-electron chi connectivity index (χ4n) is 4.20. The SMILES string of the molecule is COc1ccc2cccc(CC[N+]3(CN)CN4CCN(C4)C3)c2c1. The van der Waals surface area contributed by atoms with Crippen LogP contribution in [0.2, 0.25) is 0 Å². The number of nitrogens with zero attached hydrogens (tertiary/aromatic N) is 3. The van der Waals surface area contributed by atoms with Crippen molar-refractivity contribution in [1.82, 2.24) is 9.80 Å². The van der Waals surface area contributed by atoms with Gasteiger partial charge in [0.05, 0.1) is 20.3 Å². The minimum Gasteiger partial charge on any atom is -0.497 e. The van der Waals surface area contributed by atoms with Crippen LogP contribution in [0.5, 0.6) is 5.75 Å². The average molecular weight is 327 g/mol. The van der Waals surface area contributed by atoms with Gasteiger partial charge in [0, 0.05) is 19.5 Å². The number of benzene rings is 2. The molecule has 5 nitrogen and oxygen atoms in total. The van der Waals surface area contributed by atoms with Gasteiger partial charge in [-0.05, 0) is 28.5 Å². The molecule has 2 heterocycles. The third-order valence-electron chi connectivity index (χ3n) is 5.55. The molecular formula is C19H27N4O+. The van der Waals surface area contributed by atoms with Crippen LogP contribution in [0.15, 0.2) is 36.4 Å². The lowest BCUT2D eigenvalue weighted by molar-refractivity contribution is -0.950. The van der Waals surface area contributed by atoms with E-state index in [4.69, 9.17) is 10.5 Å². The van der Waals surface area contributed by atoms with E-state index < -0.39 is 0 Å². The summed E-state index contributed by atoms with van der Waals surface area (Å²) in [6.45, 7) is 7.45. The fraction of sp³-hybridized carbons (Fsp3) is 0.474. The molecule has 2 aliphatic rings. The van der Waals surface area contributed by atoms with Crippen molar-refractivity contribution in [2.75, 3.05) is 53.4 Å². The summed E-state index contributed by atoms with van der Waals surface area (Å²) in [5.41, 5.74) is 7.60. The van der Waals surface area contributed by atoms with Gasteiger partial charge in [0.15, 0.2) is 0 Å². The van der Waals surface area contributed by atoms with E-state index in [1.807, 2.05) is 6.07 Å². The molecule has 2 unspecified atom stereocenters. The molecule has 0 saturated carbocycles. The number of rotatable bonds is 5. The Balaban J connectivity index is 1.57. The third kappa shape index (κ3) is 2.89. The Kier molecular flexibility index (Phi) is 4.18. The summed E-state index contributed by atoms with van der Waals surface area (Å²) in [5.74, 6) is 0.922. The highest BCUT2D eigenvalue weighted by Gasteiger charge is 2.39. The molecule has 2 bridgehead atoms. The van der Waals surface area contributed by atoms with E-state index >= 15 is 0 Å². The lowest BCUT2D eigenvalue weighted by atomic mass is 10.0. The summed E-state index contributed by atoms with van der Waals surface area (Å²) in [4.78, 5) is 5.06. The molecule has 24 heavy (non-hydrogen) atoms. The van der Waals surface area contributed by atoms with Gasteiger partial charge < -0.3 is 4.74 Å².